The summed E-state index contributed by atoms with van der Waals surface area (Å²) in [4.78, 5) is 24.2. The molecule has 7 heteroatoms. The smallest absolute Gasteiger partial charge is 0.270 e. The van der Waals surface area contributed by atoms with Crippen LogP contribution in [0.15, 0.2) is 28.8 Å². The Bertz CT molecular complexity index is 925. The van der Waals surface area contributed by atoms with E-state index in [1.165, 1.54) is 11.3 Å². The predicted octanol–water partition coefficient (Wildman–Crippen LogP) is 3.71. The topological polar surface area (TPSA) is 72.1 Å². The minimum Gasteiger partial charge on any atom is -0.339 e. The first kappa shape index (κ1) is 16.0. The summed E-state index contributed by atoms with van der Waals surface area (Å²) in [5, 5.41) is 5.04. The minimum absolute atomic E-state index is 0.0667. The van der Waals surface area contributed by atoms with Crippen LogP contribution in [0.1, 0.15) is 33.9 Å². The summed E-state index contributed by atoms with van der Waals surface area (Å²) >= 11 is 1.53. The normalized spacial score (nSPS) is 14.2. The van der Waals surface area contributed by atoms with Gasteiger partial charge in [0.25, 0.3) is 11.8 Å². The van der Waals surface area contributed by atoms with Crippen LogP contribution in [0.2, 0.25) is 0 Å². The third-order valence-electron chi connectivity index (χ3n) is 4.28. The van der Waals surface area contributed by atoms with Crippen LogP contribution in [-0.2, 0) is 0 Å². The highest BCUT2D eigenvalue weighted by atomic mass is 32.1. The second kappa shape index (κ2) is 6.40. The lowest BCUT2D eigenvalue weighted by Crippen LogP contribution is -2.27. The quantitative estimate of drug-likeness (QED) is 0.717. The lowest BCUT2D eigenvalue weighted by molar-refractivity contribution is 0.0793. The van der Waals surface area contributed by atoms with Crippen LogP contribution in [0.25, 0.3) is 22.2 Å². The molecule has 1 fully saturated rings. The number of rotatable bonds is 3. The molecule has 1 saturated heterocycles. The maximum absolute atomic E-state index is 12.6. The van der Waals surface area contributed by atoms with Crippen molar-refractivity contribution in [3.8, 4) is 22.2 Å². The number of thiazole rings is 1. The number of carbonyl (C=O) groups excluding carboxylic acids is 1. The lowest BCUT2D eigenvalue weighted by Gasteiger charge is -2.15. The number of likely N-dealkylation sites (tertiary alicyclic amines) is 1. The van der Waals surface area contributed by atoms with Crippen LogP contribution in [0.3, 0.4) is 0 Å². The third-order valence-corrected chi connectivity index (χ3v) is 5.35. The first-order valence-corrected chi connectivity index (χ1v) is 9.11. The average Bonchev–Trinajstić information content (AvgIpc) is 3.35. The molecule has 3 heterocycles. The Balaban J connectivity index is 1.63. The molecule has 0 unspecified atom stereocenters. The van der Waals surface area contributed by atoms with Crippen LogP contribution in [0, 0.1) is 13.8 Å². The van der Waals surface area contributed by atoms with Crippen LogP contribution >= 0.6 is 11.3 Å². The molecule has 4 rings (SSSR count). The molecule has 0 spiro atoms. The average molecular weight is 354 g/mol. The summed E-state index contributed by atoms with van der Waals surface area (Å²) in [7, 11) is 0. The van der Waals surface area contributed by atoms with Crippen molar-refractivity contribution in [1.82, 2.24) is 20.0 Å². The Morgan fingerprint density at radius 2 is 2.00 bits per heavy atom. The van der Waals surface area contributed by atoms with Crippen molar-refractivity contribution in [3.05, 3.63) is 40.5 Å². The molecule has 0 saturated carbocycles. The van der Waals surface area contributed by atoms with Gasteiger partial charge in [-0.15, -0.1) is 11.3 Å². The van der Waals surface area contributed by atoms with Gasteiger partial charge in [0.1, 0.15) is 4.88 Å². The van der Waals surface area contributed by atoms with E-state index in [0.29, 0.717) is 17.3 Å². The van der Waals surface area contributed by atoms with Crippen molar-refractivity contribution in [2.75, 3.05) is 13.1 Å². The minimum atomic E-state index is 0.0667. The third kappa shape index (κ3) is 3.07. The number of carbonyl (C=O) groups is 1. The highest BCUT2D eigenvalue weighted by molar-refractivity contribution is 7.15. The molecule has 2 aromatic heterocycles. The number of nitrogens with zero attached hydrogens (tertiary/aromatic N) is 4. The molecule has 3 aromatic rings. The fraction of sp³-hybridized carbons (Fsp3) is 0.333. The Hall–Kier alpha value is -2.54. The summed E-state index contributed by atoms with van der Waals surface area (Å²) in [6.07, 6.45) is 2.15. The van der Waals surface area contributed by atoms with Gasteiger partial charge in [0, 0.05) is 24.2 Å². The van der Waals surface area contributed by atoms with Crippen molar-refractivity contribution in [3.63, 3.8) is 0 Å². The van der Waals surface area contributed by atoms with E-state index in [0.717, 1.165) is 47.1 Å². The van der Waals surface area contributed by atoms with E-state index in [2.05, 4.69) is 15.1 Å². The standard InChI is InChI=1S/C18H18N4O2S/c1-11-15(25-12(2)19-11)17-20-16(21-24-17)13-6-5-7-14(10-13)18(23)22-8-3-4-9-22/h5-7,10H,3-4,8-9H2,1-2H3. The molecule has 1 amide bonds. The second-order valence-corrected chi connectivity index (χ2v) is 7.35. The van der Waals surface area contributed by atoms with Crippen LogP contribution in [0.4, 0.5) is 0 Å². The summed E-state index contributed by atoms with van der Waals surface area (Å²) in [5.41, 5.74) is 2.32. The Kier molecular flexibility index (Phi) is 4.09. The second-order valence-electron chi connectivity index (χ2n) is 6.15. The first-order valence-electron chi connectivity index (χ1n) is 8.29. The number of hydrogen-bond acceptors (Lipinski definition) is 6. The maximum Gasteiger partial charge on any atom is 0.270 e. The molecule has 0 bridgehead atoms. The van der Waals surface area contributed by atoms with E-state index in [4.69, 9.17) is 4.52 Å². The first-order chi connectivity index (χ1) is 12.1. The SMILES string of the molecule is Cc1nc(C)c(-c2nc(-c3cccc(C(=O)N4CCCC4)c3)no2)s1. The van der Waals surface area contributed by atoms with Gasteiger partial charge in [0.05, 0.1) is 10.7 Å². The van der Waals surface area contributed by atoms with E-state index in [-0.39, 0.29) is 5.91 Å². The van der Waals surface area contributed by atoms with E-state index >= 15 is 0 Å². The largest absolute Gasteiger partial charge is 0.339 e. The van der Waals surface area contributed by atoms with E-state index in [9.17, 15) is 4.79 Å². The molecule has 25 heavy (non-hydrogen) atoms. The maximum atomic E-state index is 12.6. The van der Waals surface area contributed by atoms with Crippen molar-refractivity contribution in [1.29, 1.82) is 0 Å². The zero-order chi connectivity index (χ0) is 17.4. The van der Waals surface area contributed by atoms with Crippen molar-refractivity contribution < 1.29 is 9.32 Å². The van der Waals surface area contributed by atoms with Crippen molar-refractivity contribution in [2.45, 2.75) is 26.7 Å². The number of benzene rings is 1. The van der Waals surface area contributed by atoms with Crippen LogP contribution in [-0.4, -0.2) is 39.0 Å². The highest BCUT2D eigenvalue weighted by Crippen LogP contribution is 2.30. The fourth-order valence-electron chi connectivity index (χ4n) is 3.06. The van der Waals surface area contributed by atoms with Crippen LogP contribution < -0.4 is 0 Å². The van der Waals surface area contributed by atoms with Crippen molar-refractivity contribution >= 4 is 17.2 Å². The Morgan fingerprint density at radius 1 is 1.20 bits per heavy atom. The van der Waals surface area contributed by atoms with Gasteiger partial charge < -0.3 is 9.42 Å². The summed E-state index contributed by atoms with van der Waals surface area (Å²) in [5.74, 6) is 1.02. The summed E-state index contributed by atoms with van der Waals surface area (Å²) in [6.45, 7) is 5.54. The summed E-state index contributed by atoms with van der Waals surface area (Å²) < 4.78 is 5.41. The molecule has 6 nitrogen and oxygen atoms in total. The van der Waals surface area contributed by atoms with Gasteiger partial charge >= 0.3 is 0 Å². The van der Waals surface area contributed by atoms with E-state index in [1.54, 1.807) is 0 Å². The molecule has 0 aliphatic carbocycles. The molecule has 128 valence electrons. The molecule has 1 aromatic carbocycles. The monoisotopic (exact) mass is 354 g/mol. The predicted molar refractivity (Wildman–Crippen MR) is 95.5 cm³/mol. The molecular weight excluding hydrogens is 336 g/mol. The molecule has 1 aliphatic rings. The van der Waals surface area contributed by atoms with Gasteiger partial charge in [-0.2, -0.15) is 4.98 Å². The zero-order valence-corrected chi connectivity index (χ0v) is 15.0. The van der Waals surface area contributed by atoms with Gasteiger partial charge in [-0.25, -0.2) is 4.98 Å². The fourth-order valence-corrected chi connectivity index (χ4v) is 3.90. The van der Waals surface area contributed by atoms with Crippen molar-refractivity contribution in [2.24, 2.45) is 0 Å². The van der Waals surface area contributed by atoms with Gasteiger partial charge in [0.15, 0.2) is 0 Å². The van der Waals surface area contributed by atoms with Gasteiger partial charge in [-0.1, -0.05) is 17.3 Å². The number of aromatic nitrogens is 3. The van der Waals surface area contributed by atoms with Gasteiger partial charge in [-0.3, -0.25) is 4.79 Å². The van der Waals surface area contributed by atoms with Gasteiger partial charge in [-0.05, 0) is 38.8 Å². The number of amides is 1. The molecule has 0 N–H and O–H groups in total. The zero-order valence-electron chi connectivity index (χ0n) is 14.2. The molecule has 0 atom stereocenters. The number of aryl methyl sites for hydroxylation is 2. The van der Waals surface area contributed by atoms with Gasteiger partial charge in [0.2, 0.25) is 5.82 Å². The Morgan fingerprint density at radius 3 is 2.72 bits per heavy atom. The molecule has 1 aliphatic heterocycles. The Labute approximate surface area is 149 Å². The molecular formula is C18H18N4O2S. The highest BCUT2D eigenvalue weighted by Gasteiger charge is 2.21. The van der Waals surface area contributed by atoms with E-state index in [1.807, 2.05) is 43.0 Å². The van der Waals surface area contributed by atoms with Crippen LogP contribution in [0.5, 0.6) is 0 Å². The lowest BCUT2D eigenvalue weighted by atomic mass is 10.1. The molecule has 0 radical (unpaired) electrons. The van der Waals surface area contributed by atoms with E-state index < -0.39 is 0 Å². The number of hydrogen-bond donors (Lipinski definition) is 0. The summed E-state index contributed by atoms with van der Waals surface area (Å²) in [6, 6.07) is 7.42.